The molecule has 1 heterocycles. The molecule has 0 aromatic heterocycles. The van der Waals surface area contributed by atoms with Gasteiger partial charge in [0.05, 0.1) is 32.9 Å². The highest BCUT2D eigenvalue weighted by Crippen LogP contribution is 2.40. The molecule has 32 heavy (non-hydrogen) atoms. The lowest BCUT2D eigenvalue weighted by Gasteiger charge is -2.36. The monoisotopic (exact) mass is 483 g/mol. The second-order valence-electron chi connectivity index (χ2n) is 7.65. The third kappa shape index (κ3) is 4.29. The van der Waals surface area contributed by atoms with E-state index in [1.54, 1.807) is 13.0 Å². The molecule has 10 heteroatoms. The number of carbonyl (C=O) groups excluding carboxylic acids is 2. The fraction of sp³-hybridized carbons (Fsp3) is 0.273. The number of alkyl halides is 3. The largest absolute Gasteiger partial charge is 0.418 e. The smallest absolute Gasteiger partial charge is 0.326 e. The molecule has 2 aromatic rings. The van der Waals surface area contributed by atoms with Crippen LogP contribution in [0.4, 0.5) is 23.7 Å². The molecule has 2 N–H and O–H groups in total. The van der Waals surface area contributed by atoms with Crippen LogP contribution >= 0.6 is 23.2 Å². The number of halogens is 5. The lowest BCUT2D eigenvalue weighted by molar-refractivity contribution is -0.137. The normalized spacial score (nSPS) is 19.1. The maximum Gasteiger partial charge on any atom is 0.418 e. The number of para-hydroxylation sites is 1. The molecular weight excluding hydrogens is 466 g/mol. The average molecular weight is 484 g/mol. The van der Waals surface area contributed by atoms with E-state index in [9.17, 15) is 22.8 Å². The third-order valence-electron chi connectivity index (χ3n) is 5.44. The minimum absolute atomic E-state index is 0.0463. The Morgan fingerprint density at radius 1 is 1.12 bits per heavy atom. The molecule has 0 saturated heterocycles. The number of amides is 3. The number of urea groups is 1. The maximum absolute atomic E-state index is 13.4. The Kier molecular flexibility index (Phi) is 5.85. The van der Waals surface area contributed by atoms with E-state index in [4.69, 9.17) is 23.2 Å². The molecule has 2 aliphatic rings. The van der Waals surface area contributed by atoms with Crippen molar-refractivity contribution in [2.45, 2.75) is 38.0 Å². The molecule has 0 spiro atoms. The molecule has 5 nitrogen and oxygen atoms in total. The first-order chi connectivity index (χ1) is 15.1. The van der Waals surface area contributed by atoms with Crippen molar-refractivity contribution in [2.24, 2.45) is 0 Å². The summed E-state index contributed by atoms with van der Waals surface area (Å²) in [4.78, 5) is 27.6. The molecule has 3 amide bonds. The van der Waals surface area contributed by atoms with Crippen molar-refractivity contribution in [3.63, 3.8) is 0 Å². The Bertz CT molecular complexity index is 1130. The Hall–Kier alpha value is -2.71. The Morgan fingerprint density at radius 2 is 1.81 bits per heavy atom. The van der Waals surface area contributed by atoms with Gasteiger partial charge in [-0.05, 0) is 49.6 Å². The van der Waals surface area contributed by atoms with Crippen LogP contribution in [0.15, 0.2) is 53.7 Å². The van der Waals surface area contributed by atoms with Crippen LogP contribution in [0.1, 0.15) is 36.9 Å². The third-order valence-corrected chi connectivity index (χ3v) is 6.18. The Labute approximate surface area is 192 Å². The zero-order valence-electron chi connectivity index (χ0n) is 16.8. The van der Waals surface area contributed by atoms with E-state index >= 15 is 0 Å². The van der Waals surface area contributed by atoms with Crippen LogP contribution in [-0.4, -0.2) is 22.9 Å². The lowest BCUT2D eigenvalue weighted by Crippen LogP contribution is -2.49. The second kappa shape index (κ2) is 8.33. The molecule has 1 fully saturated rings. The van der Waals surface area contributed by atoms with Gasteiger partial charge in [0.2, 0.25) is 0 Å². The zero-order valence-corrected chi connectivity index (χ0v) is 18.3. The van der Waals surface area contributed by atoms with Gasteiger partial charge in [0.25, 0.3) is 5.91 Å². The molecule has 1 aliphatic heterocycles. The number of benzene rings is 2. The SMILES string of the molecule is CC1=C(C(=O)Nc2ccccc2C(F)(F)F)C(c2ccc(Cl)c(Cl)c2)NC(=O)N1C1CC1. The number of nitrogens with one attached hydrogen (secondary N) is 2. The van der Waals surface area contributed by atoms with Crippen molar-refractivity contribution in [1.29, 1.82) is 0 Å². The standard InChI is InChI=1S/C22H18Cl2F3N3O2/c1-11-18(20(31)28-17-5-3-2-4-14(17)22(25,26)27)19(12-6-9-15(23)16(24)10-12)29-21(32)30(11)13-7-8-13/h2-6,9-10,13,19H,7-8H2,1H3,(H,28,31)(H,29,32). The topological polar surface area (TPSA) is 61.4 Å². The summed E-state index contributed by atoms with van der Waals surface area (Å²) in [7, 11) is 0. The van der Waals surface area contributed by atoms with Crippen molar-refractivity contribution < 1.29 is 22.8 Å². The van der Waals surface area contributed by atoms with Gasteiger partial charge < -0.3 is 10.6 Å². The number of allylic oxidation sites excluding steroid dienone is 1. The number of anilines is 1. The molecule has 1 atom stereocenters. The van der Waals surface area contributed by atoms with Crippen LogP contribution < -0.4 is 10.6 Å². The van der Waals surface area contributed by atoms with Crippen molar-refractivity contribution in [2.75, 3.05) is 5.32 Å². The van der Waals surface area contributed by atoms with Crippen molar-refractivity contribution in [3.8, 4) is 0 Å². The van der Waals surface area contributed by atoms with E-state index in [1.165, 1.54) is 35.2 Å². The van der Waals surface area contributed by atoms with Crippen molar-refractivity contribution >= 4 is 40.8 Å². The number of hydrogen-bond acceptors (Lipinski definition) is 2. The first kappa shape index (κ1) is 22.5. The molecule has 0 bridgehead atoms. The first-order valence-corrected chi connectivity index (χ1v) is 10.6. The molecule has 1 aliphatic carbocycles. The number of hydrogen-bond donors (Lipinski definition) is 2. The maximum atomic E-state index is 13.4. The highest BCUT2D eigenvalue weighted by Gasteiger charge is 2.42. The van der Waals surface area contributed by atoms with Crippen molar-refractivity contribution in [1.82, 2.24) is 10.2 Å². The van der Waals surface area contributed by atoms with Gasteiger partial charge in [0.1, 0.15) is 0 Å². The molecule has 2 aromatic carbocycles. The number of rotatable bonds is 4. The van der Waals surface area contributed by atoms with Crippen molar-refractivity contribution in [3.05, 3.63) is 74.9 Å². The van der Waals surface area contributed by atoms with Crippen LogP contribution in [0.25, 0.3) is 0 Å². The van der Waals surface area contributed by atoms with Gasteiger partial charge in [-0.15, -0.1) is 0 Å². The predicted octanol–water partition coefficient (Wildman–Crippen LogP) is 6.15. The van der Waals surface area contributed by atoms with Gasteiger partial charge in [0, 0.05) is 11.7 Å². The quantitative estimate of drug-likeness (QED) is 0.547. The van der Waals surface area contributed by atoms with Crippen LogP contribution in [0.3, 0.4) is 0 Å². The van der Waals surface area contributed by atoms with Crippen LogP contribution in [0, 0.1) is 0 Å². The predicted molar refractivity (Wildman–Crippen MR) is 115 cm³/mol. The second-order valence-corrected chi connectivity index (χ2v) is 8.47. The average Bonchev–Trinajstić information content (AvgIpc) is 3.54. The van der Waals surface area contributed by atoms with E-state index in [0.29, 0.717) is 16.3 Å². The van der Waals surface area contributed by atoms with E-state index in [1.807, 2.05) is 0 Å². The zero-order chi connectivity index (χ0) is 23.2. The summed E-state index contributed by atoms with van der Waals surface area (Å²) in [6.45, 7) is 1.62. The minimum atomic E-state index is -4.64. The molecular formula is C22H18Cl2F3N3O2. The molecule has 168 valence electrons. The van der Waals surface area contributed by atoms with Crippen LogP contribution in [0.5, 0.6) is 0 Å². The van der Waals surface area contributed by atoms with Crippen LogP contribution in [0.2, 0.25) is 10.0 Å². The molecule has 0 radical (unpaired) electrons. The van der Waals surface area contributed by atoms with Gasteiger partial charge in [-0.1, -0.05) is 41.4 Å². The summed E-state index contributed by atoms with van der Waals surface area (Å²) in [5.41, 5.74) is -0.331. The van der Waals surface area contributed by atoms with E-state index in [0.717, 1.165) is 18.9 Å². The highest BCUT2D eigenvalue weighted by atomic mass is 35.5. The highest BCUT2D eigenvalue weighted by molar-refractivity contribution is 6.42. The summed E-state index contributed by atoms with van der Waals surface area (Å²) in [6, 6.07) is 8.05. The summed E-state index contributed by atoms with van der Waals surface area (Å²) in [6.07, 6.45) is -3.07. The lowest BCUT2D eigenvalue weighted by atomic mass is 9.94. The van der Waals surface area contributed by atoms with Gasteiger partial charge in [-0.2, -0.15) is 13.2 Å². The van der Waals surface area contributed by atoms with Crippen LogP contribution in [-0.2, 0) is 11.0 Å². The molecule has 1 saturated carbocycles. The Morgan fingerprint density at radius 3 is 2.44 bits per heavy atom. The minimum Gasteiger partial charge on any atom is -0.326 e. The van der Waals surface area contributed by atoms with Gasteiger partial charge in [-0.25, -0.2) is 4.79 Å². The summed E-state index contributed by atoms with van der Waals surface area (Å²) in [5.74, 6) is -0.749. The first-order valence-electron chi connectivity index (χ1n) is 9.81. The fourth-order valence-corrected chi connectivity index (χ4v) is 4.10. The van der Waals surface area contributed by atoms with Gasteiger partial charge in [-0.3, -0.25) is 9.69 Å². The van der Waals surface area contributed by atoms with Gasteiger partial charge >= 0.3 is 12.2 Å². The summed E-state index contributed by atoms with van der Waals surface area (Å²) >= 11 is 12.1. The van der Waals surface area contributed by atoms with E-state index < -0.39 is 23.7 Å². The Balaban J connectivity index is 1.77. The fourth-order valence-electron chi connectivity index (χ4n) is 3.79. The molecule has 4 rings (SSSR count). The van der Waals surface area contributed by atoms with E-state index in [2.05, 4.69) is 10.6 Å². The van der Waals surface area contributed by atoms with E-state index in [-0.39, 0.29) is 28.4 Å². The summed E-state index contributed by atoms with van der Waals surface area (Å²) in [5, 5.41) is 5.69. The number of carbonyl (C=O) groups is 2. The van der Waals surface area contributed by atoms with Gasteiger partial charge in [0.15, 0.2) is 0 Å². The summed E-state index contributed by atoms with van der Waals surface area (Å²) < 4.78 is 40.2. The molecule has 1 unspecified atom stereocenters. The number of nitrogens with zero attached hydrogens (tertiary/aromatic N) is 1.